The Balaban J connectivity index is 4.13. The molecule has 1 unspecified atom stereocenters. The molecule has 1 aromatic rings. The minimum atomic E-state index is -1.03. The van der Waals surface area contributed by atoms with Gasteiger partial charge in [0.2, 0.25) is 0 Å². The van der Waals surface area contributed by atoms with Gasteiger partial charge in [0.1, 0.15) is 5.41 Å². The van der Waals surface area contributed by atoms with Gasteiger partial charge in [0.25, 0.3) is 0 Å². The summed E-state index contributed by atoms with van der Waals surface area (Å²) in [7, 11) is 0. The van der Waals surface area contributed by atoms with Crippen molar-refractivity contribution in [2.24, 2.45) is 21.7 Å². The van der Waals surface area contributed by atoms with Crippen LogP contribution in [0.25, 0.3) is 0 Å². The highest BCUT2D eigenvalue weighted by atomic mass is 16.4. The van der Waals surface area contributed by atoms with E-state index < -0.39 is 22.2 Å². The van der Waals surface area contributed by atoms with Crippen LogP contribution in [-0.2, 0) is 10.2 Å². The molecule has 0 bridgehead atoms. The van der Waals surface area contributed by atoms with Crippen molar-refractivity contribution in [3.8, 4) is 0 Å². The SMILES string of the molecule is CC(C)(C)C(C(=O)O)(c1ccccc1)C(C)(C(C)(C)C)C(C)(C)C. The maximum Gasteiger partial charge on any atom is 0.315 e. The fraction of sp³-hybridized carbons (Fsp3) is 0.682. The number of hydrogen-bond acceptors (Lipinski definition) is 1. The van der Waals surface area contributed by atoms with E-state index in [9.17, 15) is 9.90 Å². The second-order valence-electron chi connectivity index (χ2n) is 10.3. The third kappa shape index (κ3) is 2.68. The largest absolute Gasteiger partial charge is 0.481 e. The van der Waals surface area contributed by atoms with E-state index in [2.05, 4.69) is 69.2 Å². The molecule has 0 aromatic heterocycles. The summed E-state index contributed by atoms with van der Waals surface area (Å²) in [6, 6.07) is 9.81. The second kappa shape index (κ2) is 5.89. The molecule has 0 radical (unpaired) electrons. The average Bonchev–Trinajstić information content (AvgIpc) is 2.35. The Morgan fingerprint density at radius 2 is 1.08 bits per heavy atom. The summed E-state index contributed by atoms with van der Waals surface area (Å²) in [5, 5.41) is 10.7. The topological polar surface area (TPSA) is 37.3 Å². The third-order valence-corrected chi connectivity index (χ3v) is 6.40. The van der Waals surface area contributed by atoms with Crippen LogP contribution in [0, 0.1) is 21.7 Å². The zero-order valence-corrected chi connectivity index (χ0v) is 17.2. The Labute approximate surface area is 148 Å². The van der Waals surface area contributed by atoms with E-state index >= 15 is 0 Å². The zero-order chi connectivity index (χ0) is 19.2. The van der Waals surface area contributed by atoms with Gasteiger partial charge < -0.3 is 5.11 Å². The normalized spacial score (nSPS) is 16.6. The van der Waals surface area contributed by atoms with Crippen molar-refractivity contribution < 1.29 is 9.90 Å². The second-order valence-corrected chi connectivity index (χ2v) is 10.3. The van der Waals surface area contributed by atoms with E-state index in [0.717, 1.165) is 5.56 Å². The van der Waals surface area contributed by atoms with E-state index in [1.807, 2.05) is 30.3 Å². The first-order valence-corrected chi connectivity index (χ1v) is 8.84. The van der Waals surface area contributed by atoms with E-state index in [-0.39, 0.29) is 10.8 Å². The molecule has 0 aliphatic carbocycles. The smallest absolute Gasteiger partial charge is 0.315 e. The fourth-order valence-corrected chi connectivity index (χ4v) is 5.07. The molecule has 1 atom stereocenters. The molecule has 0 saturated heterocycles. The summed E-state index contributed by atoms with van der Waals surface area (Å²) in [6.07, 6.45) is 0. The van der Waals surface area contributed by atoms with Crippen LogP contribution in [0.5, 0.6) is 0 Å². The van der Waals surface area contributed by atoms with Crippen LogP contribution in [0.4, 0.5) is 0 Å². The lowest BCUT2D eigenvalue weighted by molar-refractivity contribution is -0.182. The molecule has 2 heteroatoms. The molecule has 0 spiro atoms. The molecule has 1 rings (SSSR count). The van der Waals surface area contributed by atoms with Gasteiger partial charge in [-0.15, -0.1) is 0 Å². The number of carboxylic acid groups (broad SMARTS) is 1. The van der Waals surface area contributed by atoms with Crippen molar-refractivity contribution in [1.29, 1.82) is 0 Å². The summed E-state index contributed by atoms with van der Waals surface area (Å²) >= 11 is 0. The van der Waals surface area contributed by atoms with Gasteiger partial charge in [0.05, 0.1) is 0 Å². The Bertz CT molecular complexity index is 565. The molecule has 1 aromatic carbocycles. The van der Waals surface area contributed by atoms with E-state index in [0.29, 0.717) is 0 Å². The minimum absolute atomic E-state index is 0.216. The fourth-order valence-electron chi connectivity index (χ4n) is 5.07. The number of hydrogen-bond donors (Lipinski definition) is 1. The van der Waals surface area contributed by atoms with Gasteiger partial charge in [-0.25, -0.2) is 0 Å². The predicted molar refractivity (Wildman–Crippen MR) is 102 cm³/mol. The summed E-state index contributed by atoms with van der Waals surface area (Å²) < 4.78 is 0. The van der Waals surface area contributed by atoms with Gasteiger partial charge in [-0.05, 0) is 27.2 Å². The van der Waals surface area contributed by atoms with E-state index in [1.165, 1.54) is 0 Å². The summed E-state index contributed by atoms with van der Waals surface area (Å²) in [5.41, 5.74) is -1.54. The molecule has 0 fully saturated rings. The molecule has 0 aliphatic heterocycles. The van der Waals surface area contributed by atoms with Crippen molar-refractivity contribution in [2.45, 2.75) is 74.7 Å². The molecule has 2 nitrogen and oxygen atoms in total. The van der Waals surface area contributed by atoms with Crippen LogP contribution in [0.2, 0.25) is 0 Å². The molecule has 1 N–H and O–H groups in total. The third-order valence-electron chi connectivity index (χ3n) is 6.40. The Hall–Kier alpha value is -1.31. The Morgan fingerprint density at radius 3 is 1.33 bits per heavy atom. The Morgan fingerprint density at radius 1 is 0.708 bits per heavy atom. The van der Waals surface area contributed by atoms with E-state index in [1.54, 1.807) is 0 Å². The maximum absolute atomic E-state index is 13.0. The molecule has 0 heterocycles. The quantitative estimate of drug-likeness (QED) is 0.720. The number of rotatable bonds is 3. The number of carboxylic acids is 1. The summed E-state index contributed by atoms with van der Waals surface area (Å²) in [4.78, 5) is 13.0. The molecule has 136 valence electrons. The van der Waals surface area contributed by atoms with Crippen LogP contribution in [-0.4, -0.2) is 11.1 Å². The van der Waals surface area contributed by atoms with E-state index in [4.69, 9.17) is 0 Å². The summed E-state index contributed by atoms with van der Waals surface area (Å²) in [6.45, 7) is 21.4. The highest BCUT2D eigenvalue weighted by Gasteiger charge is 2.68. The lowest BCUT2D eigenvalue weighted by Gasteiger charge is -2.64. The van der Waals surface area contributed by atoms with Crippen LogP contribution in [0.3, 0.4) is 0 Å². The van der Waals surface area contributed by atoms with Crippen LogP contribution >= 0.6 is 0 Å². The van der Waals surface area contributed by atoms with Gasteiger partial charge in [-0.2, -0.15) is 0 Å². The highest BCUT2D eigenvalue weighted by molar-refractivity contribution is 5.84. The van der Waals surface area contributed by atoms with Gasteiger partial charge in [-0.1, -0.05) is 99.6 Å². The van der Waals surface area contributed by atoms with Crippen LogP contribution in [0.15, 0.2) is 30.3 Å². The first-order chi connectivity index (χ1) is 10.5. The van der Waals surface area contributed by atoms with Crippen molar-refractivity contribution in [1.82, 2.24) is 0 Å². The average molecular weight is 333 g/mol. The van der Waals surface area contributed by atoms with Crippen molar-refractivity contribution in [2.75, 3.05) is 0 Å². The van der Waals surface area contributed by atoms with Crippen molar-refractivity contribution in [3.63, 3.8) is 0 Å². The maximum atomic E-state index is 13.0. The Kier molecular flexibility index (Phi) is 5.09. The predicted octanol–water partition coefficient (Wildman–Crippen LogP) is 6.15. The highest BCUT2D eigenvalue weighted by Crippen LogP contribution is 2.67. The van der Waals surface area contributed by atoms with Crippen molar-refractivity contribution in [3.05, 3.63) is 35.9 Å². The molecule has 0 saturated carbocycles. The van der Waals surface area contributed by atoms with Gasteiger partial charge in [0, 0.05) is 0 Å². The minimum Gasteiger partial charge on any atom is -0.481 e. The molecule has 0 aliphatic rings. The number of carbonyl (C=O) groups is 1. The van der Waals surface area contributed by atoms with Crippen LogP contribution < -0.4 is 0 Å². The molecule has 24 heavy (non-hydrogen) atoms. The molecular weight excluding hydrogens is 296 g/mol. The zero-order valence-electron chi connectivity index (χ0n) is 17.2. The summed E-state index contributed by atoms with van der Waals surface area (Å²) in [5.74, 6) is -0.742. The lowest BCUT2D eigenvalue weighted by atomic mass is 9.37. The molecular formula is C22H36O2. The van der Waals surface area contributed by atoms with Gasteiger partial charge in [-0.3, -0.25) is 4.79 Å². The van der Waals surface area contributed by atoms with Gasteiger partial charge in [0.15, 0.2) is 0 Å². The monoisotopic (exact) mass is 332 g/mol. The molecule has 0 amide bonds. The van der Waals surface area contributed by atoms with Crippen LogP contribution in [0.1, 0.15) is 74.8 Å². The number of aliphatic carboxylic acids is 1. The first-order valence-electron chi connectivity index (χ1n) is 8.84. The first kappa shape index (κ1) is 20.7. The lowest BCUT2D eigenvalue weighted by Crippen LogP contribution is -2.67. The number of benzene rings is 1. The van der Waals surface area contributed by atoms with Gasteiger partial charge >= 0.3 is 5.97 Å². The standard InChI is InChI=1S/C22H36O2/c1-18(2,3)21(10,19(4,5)6)22(17(23)24,20(7,8)9)16-14-12-11-13-15-16/h11-15H,1-10H3,(H,23,24). The van der Waals surface area contributed by atoms with Crippen molar-refractivity contribution >= 4 is 5.97 Å².